The van der Waals surface area contributed by atoms with E-state index < -0.39 is 0 Å². The van der Waals surface area contributed by atoms with Gasteiger partial charge >= 0.3 is 0 Å². The molecule has 0 aromatic carbocycles. The smallest absolute Gasteiger partial charge is 0.243 e. The first-order valence-electron chi connectivity index (χ1n) is 4.59. The topological polar surface area (TPSA) is 97.8 Å². The lowest BCUT2D eigenvalue weighted by atomic mass is 10.7. The van der Waals surface area contributed by atoms with Crippen molar-refractivity contribution in [1.29, 1.82) is 0 Å². The monoisotopic (exact) mass is 220 g/mol. The Morgan fingerprint density at radius 1 is 1.31 bits per heavy atom. The van der Waals surface area contributed by atoms with Crippen molar-refractivity contribution in [3.8, 4) is 5.95 Å². The van der Waals surface area contributed by atoms with Crippen molar-refractivity contribution in [2.45, 2.75) is 0 Å². The Morgan fingerprint density at radius 2 is 2.12 bits per heavy atom. The molecule has 0 radical (unpaired) electrons. The molecule has 16 heavy (non-hydrogen) atoms. The van der Waals surface area contributed by atoms with E-state index in [9.17, 15) is 0 Å². The number of nitrogens with zero attached hydrogens (tertiary/aromatic N) is 6. The molecule has 0 aliphatic carbocycles. The van der Waals surface area contributed by atoms with Gasteiger partial charge in [0.1, 0.15) is 6.33 Å². The second kappa shape index (κ2) is 4.11. The minimum atomic E-state index is 0.308. The van der Waals surface area contributed by atoms with Crippen molar-refractivity contribution >= 4 is 11.9 Å². The van der Waals surface area contributed by atoms with Crippen LogP contribution in [0.25, 0.3) is 5.95 Å². The molecule has 0 fully saturated rings. The molecule has 2 aromatic rings. The van der Waals surface area contributed by atoms with Gasteiger partial charge in [0.15, 0.2) is 0 Å². The average molecular weight is 220 g/mol. The number of aromatic nitrogens is 5. The highest BCUT2D eigenvalue weighted by Gasteiger charge is 2.08. The number of hydrogen-bond donors (Lipinski definition) is 2. The van der Waals surface area contributed by atoms with Crippen molar-refractivity contribution in [1.82, 2.24) is 24.5 Å². The summed E-state index contributed by atoms with van der Waals surface area (Å²) in [6, 6.07) is 0. The Hall–Kier alpha value is -2.22. The van der Waals surface area contributed by atoms with Crippen molar-refractivity contribution in [3.05, 3.63) is 18.7 Å². The Kier molecular flexibility index (Phi) is 2.64. The molecule has 0 saturated carbocycles. The SMILES string of the molecule is CN(C)c1nc(NN)nc(-n2ccnc2)n1. The van der Waals surface area contributed by atoms with E-state index in [1.165, 1.54) is 0 Å². The van der Waals surface area contributed by atoms with Gasteiger partial charge in [-0.05, 0) is 0 Å². The van der Waals surface area contributed by atoms with Crippen LogP contribution in [0.3, 0.4) is 0 Å². The molecule has 2 heterocycles. The van der Waals surface area contributed by atoms with Crippen LogP contribution in [0.4, 0.5) is 11.9 Å². The fourth-order valence-corrected chi connectivity index (χ4v) is 1.11. The van der Waals surface area contributed by atoms with Crippen LogP contribution >= 0.6 is 0 Å². The van der Waals surface area contributed by atoms with Crippen LogP contribution in [0.15, 0.2) is 18.7 Å². The number of nitrogens with two attached hydrogens (primary N) is 1. The molecule has 2 aromatic heterocycles. The summed E-state index contributed by atoms with van der Waals surface area (Å²) in [4.78, 5) is 18.2. The summed E-state index contributed by atoms with van der Waals surface area (Å²) >= 11 is 0. The zero-order chi connectivity index (χ0) is 11.5. The van der Waals surface area contributed by atoms with Gasteiger partial charge in [-0.2, -0.15) is 15.0 Å². The van der Waals surface area contributed by atoms with Crippen LogP contribution in [0.5, 0.6) is 0 Å². The summed E-state index contributed by atoms with van der Waals surface area (Å²) in [6.45, 7) is 0. The van der Waals surface area contributed by atoms with Crippen LogP contribution in [0.2, 0.25) is 0 Å². The quantitative estimate of drug-likeness (QED) is 0.527. The van der Waals surface area contributed by atoms with Gasteiger partial charge in [-0.1, -0.05) is 0 Å². The first-order valence-corrected chi connectivity index (χ1v) is 4.59. The highest BCUT2D eigenvalue weighted by atomic mass is 15.4. The van der Waals surface area contributed by atoms with E-state index in [1.54, 1.807) is 28.2 Å². The summed E-state index contributed by atoms with van der Waals surface area (Å²) in [7, 11) is 3.68. The number of anilines is 2. The van der Waals surface area contributed by atoms with Crippen molar-refractivity contribution in [2.75, 3.05) is 24.4 Å². The van der Waals surface area contributed by atoms with E-state index in [2.05, 4.69) is 25.4 Å². The highest BCUT2D eigenvalue weighted by molar-refractivity contribution is 5.38. The van der Waals surface area contributed by atoms with E-state index in [4.69, 9.17) is 5.84 Å². The van der Waals surface area contributed by atoms with Gasteiger partial charge in [0.25, 0.3) is 0 Å². The van der Waals surface area contributed by atoms with Gasteiger partial charge in [-0.25, -0.2) is 10.8 Å². The summed E-state index contributed by atoms with van der Waals surface area (Å²) in [5.74, 6) is 6.58. The van der Waals surface area contributed by atoms with Gasteiger partial charge < -0.3 is 4.90 Å². The van der Waals surface area contributed by atoms with Crippen LogP contribution in [-0.4, -0.2) is 38.6 Å². The number of hydrazine groups is 1. The van der Waals surface area contributed by atoms with Crippen molar-refractivity contribution in [3.63, 3.8) is 0 Å². The first kappa shape index (κ1) is 10.3. The van der Waals surface area contributed by atoms with Crippen LogP contribution < -0.4 is 16.2 Å². The molecule has 0 saturated heterocycles. The minimum absolute atomic E-state index is 0.308. The summed E-state index contributed by atoms with van der Waals surface area (Å²) < 4.78 is 1.68. The molecule has 2 rings (SSSR count). The average Bonchev–Trinajstić information content (AvgIpc) is 2.81. The molecule has 0 unspecified atom stereocenters. The van der Waals surface area contributed by atoms with E-state index in [0.717, 1.165) is 0 Å². The zero-order valence-corrected chi connectivity index (χ0v) is 8.99. The predicted molar refractivity (Wildman–Crippen MR) is 59.1 cm³/mol. The van der Waals surface area contributed by atoms with E-state index in [1.807, 2.05) is 14.1 Å². The predicted octanol–water partition coefficient (Wildman–Crippen LogP) is -0.591. The summed E-state index contributed by atoms with van der Waals surface area (Å²) in [6.07, 6.45) is 5.00. The van der Waals surface area contributed by atoms with Gasteiger partial charge in [0.2, 0.25) is 17.8 Å². The molecule has 3 N–H and O–H groups in total. The fraction of sp³-hybridized carbons (Fsp3) is 0.250. The van der Waals surface area contributed by atoms with Crippen LogP contribution in [0.1, 0.15) is 0 Å². The van der Waals surface area contributed by atoms with E-state index in [0.29, 0.717) is 17.8 Å². The van der Waals surface area contributed by atoms with E-state index >= 15 is 0 Å². The molecule has 84 valence electrons. The zero-order valence-electron chi connectivity index (χ0n) is 8.99. The van der Waals surface area contributed by atoms with Gasteiger partial charge in [0.05, 0.1) is 0 Å². The molecule has 0 aliphatic rings. The highest BCUT2D eigenvalue weighted by Crippen LogP contribution is 2.09. The normalized spacial score (nSPS) is 10.2. The standard InChI is InChI=1S/C8H12N8/c1-15(2)7-11-6(14-9)12-8(13-7)16-4-3-10-5-16/h3-5H,9H2,1-2H3,(H,11,12,13,14). The summed E-state index contributed by atoms with van der Waals surface area (Å²) in [5.41, 5.74) is 2.40. The van der Waals surface area contributed by atoms with Crippen molar-refractivity contribution < 1.29 is 0 Å². The van der Waals surface area contributed by atoms with Gasteiger partial charge in [0, 0.05) is 26.5 Å². The molecule has 0 atom stereocenters. The number of rotatable bonds is 3. The van der Waals surface area contributed by atoms with Crippen LogP contribution in [0, 0.1) is 0 Å². The largest absolute Gasteiger partial charge is 0.347 e. The van der Waals surface area contributed by atoms with Crippen molar-refractivity contribution in [2.24, 2.45) is 5.84 Å². The Morgan fingerprint density at radius 3 is 2.69 bits per heavy atom. The molecule has 0 spiro atoms. The number of nitrogen functional groups attached to an aromatic ring is 1. The second-order valence-electron chi connectivity index (χ2n) is 3.27. The maximum absolute atomic E-state index is 5.29. The molecule has 8 nitrogen and oxygen atoms in total. The Balaban J connectivity index is 2.49. The second-order valence-corrected chi connectivity index (χ2v) is 3.27. The number of hydrogen-bond acceptors (Lipinski definition) is 7. The lowest BCUT2D eigenvalue weighted by molar-refractivity contribution is 0.870. The lowest BCUT2D eigenvalue weighted by Crippen LogP contribution is -2.19. The Labute approximate surface area is 92.1 Å². The third-order valence-electron chi connectivity index (χ3n) is 1.88. The van der Waals surface area contributed by atoms with E-state index in [-0.39, 0.29) is 0 Å². The third-order valence-corrected chi connectivity index (χ3v) is 1.88. The first-order chi connectivity index (χ1) is 7.70. The Bertz CT molecular complexity index is 463. The maximum Gasteiger partial charge on any atom is 0.243 e. The van der Waals surface area contributed by atoms with Gasteiger partial charge in [-0.3, -0.25) is 9.99 Å². The van der Waals surface area contributed by atoms with Gasteiger partial charge in [-0.15, -0.1) is 0 Å². The molecule has 0 aliphatic heterocycles. The maximum atomic E-state index is 5.29. The summed E-state index contributed by atoms with van der Waals surface area (Å²) in [5, 5.41) is 0. The molecule has 0 bridgehead atoms. The number of imidazole rings is 1. The third kappa shape index (κ3) is 1.91. The fourth-order valence-electron chi connectivity index (χ4n) is 1.11. The molecular weight excluding hydrogens is 208 g/mol. The van der Waals surface area contributed by atoms with Crippen LogP contribution in [-0.2, 0) is 0 Å². The minimum Gasteiger partial charge on any atom is -0.347 e. The molecule has 8 heteroatoms. The number of nitrogens with one attached hydrogen (secondary N) is 1. The lowest BCUT2D eigenvalue weighted by Gasteiger charge is -2.12. The molecular formula is C8H12N8. The molecule has 0 amide bonds.